The summed E-state index contributed by atoms with van der Waals surface area (Å²) in [4.78, 5) is 17.8. The van der Waals surface area contributed by atoms with Crippen LogP contribution in [-0.2, 0) is 4.74 Å². The smallest absolute Gasteiger partial charge is 0.291 e. The molecular formula is C11H17BrN2O3. The van der Waals surface area contributed by atoms with E-state index in [1.54, 1.807) is 32.9 Å². The number of rotatable bonds is 5. The first-order valence-corrected chi connectivity index (χ1v) is 6.19. The van der Waals surface area contributed by atoms with Crippen LogP contribution in [0.5, 0.6) is 0 Å². The van der Waals surface area contributed by atoms with E-state index in [2.05, 4.69) is 20.9 Å². The summed E-state index contributed by atoms with van der Waals surface area (Å²) in [5, 5.41) is 0. The normalized spacial score (nSPS) is 12.5. The Labute approximate surface area is 109 Å². The zero-order chi connectivity index (χ0) is 13.0. The highest BCUT2D eigenvalue weighted by atomic mass is 79.9. The molecule has 0 radical (unpaired) electrons. The molecule has 5 nitrogen and oxygen atoms in total. The fraction of sp³-hybridized carbons (Fsp3) is 0.636. The van der Waals surface area contributed by atoms with E-state index in [9.17, 15) is 4.79 Å². The summed E-state index contributed by atoms with van der Waals surface area (Å²) < 4.78 is 10.3. The molecule has 0 bridgehead atoms. The van der Waals surface area contributed by atoms with Crippen molar-refractivity contribution < 1.29 is 13.9 Å². The van der Waals surface area contributed by atoms with Crippen molar-refractivity contribution in [3.8, 4) is 0 Å². The van der Waals surface area contributed by atoms with Gasteiger partial charge in [0.15, 0.2) is 5.89 Å². The van der Waals surface area contributed by atoms with Gasteiger partial charge in [0.05, 0.1) is 17.1 Å². The highest BCUT2D eigenvalue weighted by Crippen LogP contribution is 2.13. The fourth-order valence-electron chi connectivity index (χ4n) is 1.52. The molecule has 0 spiro atoms. The molecule has 96 valence electrons. The molecule has 1 atom stereocenters. The van der Waals surface area contributed by atoms with E-state index < -0.39 is 0 Å². The van der Waals surface area contributed by atoms with E-state index in [4.69, 9.17) is 9.15 Å². The van der Waals surface area contributed by atoms with Gasteiger partial charge in [0, 0.05) is 27.6 Å². The summed E-state index contributed by atoms with van der Waals surface area (Å²) in [5.41, 5.74) is 0.622. The SMILES string of the molecule is COCC(Br)CN(C)C(=O)c1oc(C)nc1C. The molecule has 1 amide bonds. The molecule has 1 aromatic rings. The maximum atomic E-state index is 12.0. The van der Waals surface area contributed by atoms with Crippen LogP contribution in [0.15, 0.2) is 4.42 Å². The number of aromatic nitrogens is 1. The zero-order valence-corrected chi connectivity index (χ0v) is 12.1. The van der Waals surface area contributed by atoms with Gasteiger partial charge < -0.3 is 14.1 Å². The van der Waals surface area contributed by atoms with Crippen LogP contribution in [0, 0.1) is 13.8 Å². The summed E-state index contributed by atoms with van der Waals surface area (Å²) in [6.07, 6.45) is 0. The van der Waals surface area contributed by atoms with Gasteiger partial charge in [-0.1, -0.05) is 15.9 Å². The molecule has 1 unspecified atom stereocenters. The molecule has 0 aliphatic heterocycles. The lowest BCUT2D eigenvalue weighted by atomic mass is 10.3. The molecule has 0 aromatic carbocycles. The topological polar surface area (TPSA) is 55.6 Å². The number of alkyl halides is 1. The van der Waals surface area contributed by atoms with Crippen LogP contribution >= 0.6 is 15.9 Å². The van der Waals surface area contributed by atoms with E-state index in [0.29, 0.717) is 30.5 Å². The second-order valence-corrected chi connectivity index (χ2v) is 5.18. The molecule has 1 aromatic heterocycles. The first kappa shape index (κ1) is 14.2. The van der Waals surface area contributed by atoms with Crippen molar-refractivity contribution in [3.05, 3.63) is 17.3 Å². The van der Waals surface area contributed by atoms with Crippen LogP contribution in [0.4, 0.5) is 0 Å². The van der Waals surface area contributed by atoms with E-state index in [1.807, 2.05) is 0 Å². The number of amides is 1. The summed E-state index contributed by atoms with van der Waals surface area (Å²) in [7, 11) is 3.35. The predicted octanol–water partition coefficient (Wildman–Crippen LogP) is 1.77. The lowest BCUT2D eigenvalue weighted by Crippen LogP contribution is -2.33. The molecule has 0 saturated carbocycles. The minimum absolute atomic E-state index is 0.103. The first-order chi connectivity index (χ1) is 7.95. The van der Waals surface area contributed by atoms with Crippen LogP contribution in [0.25, 0.3) is 0 Å². The number of nitrogens with zero attached hydrogens (tertiary/aromatic N) is 2. The van der Waals surface area contributed by atoms with Crippen molar-refractivity contribution in [3.63, 3.8) is 0 Å². The highest BCUT2D eigenvalue weighted by Gasteiger charge is 2.21. The fourth-order valence-corrected chi connectivity index (χ4v) is 2.22. The van der Waals surface area contributed by atoms with E-state index >= 15 is 0 Å². The number of aryl methyl sites for hydroxylation is 2. The molecule has 0 saturated heterocycles. The number of hydrogen-bond acceptors (Lipinski definition) is 4. The third-order valence-corrected chi connectivity index (χ3v) is 2.82. The quantitative estimate of drug-likeness (QED) is 0.778. The van der Waals surface area contributed by atoms with Gasteiger partial charge in [0.1, 0.15) is 0 Å². The zero-order valence-electron chi connectivity index (χ0n) is 10.5. The Hall–Kier alpha value is -0.880. The van der Waals surface area contributed by atoms with Crippen molar-refractivity contribution >= 4 is 21.8 Å². The Kier molecular flexibility index (Phi) is 5.14. The second-order valence-electron chi connectivity index (χ2n) is 3.89. The molecule has 0 fully saturated rings. The van der Waals surface area contributed by atoms with Gasteiger partial charge in [-0.3, -0.25) is 4.79 Å². The molecule has 1 heterocycles. The molecule has 0 N–H and O–H groups in total. The summed E-state index contributed by atoms with van der Waals surface area (Å²) in [6.45, 7) is 4.58. The number of ether oxygens (including phenoxy) is 1. The summed E-state index contributed by atoms with van der Waals surface area (Å²) >= 11 is 3.44. The van der Waals surface area contributed by atoms with Gasteiger partial charge >= 0.3 is 0 Å². The van der Waals surface area contributed by atoms with Gasteiger partial charge in [-0.15, -0.1) is 0 Å². The lowest BCUT2D eigenvalue weighted by molar-refractivity contribution is 0.0750. The van der Waals surface area contributed by atoms with Crippen molar-refractivity contribution in [1.82, 2.24) is 9.88 Å². The maximum Gasteiger partial charge on any atom is 0.291 e. The van der Waals surface area contributed by atoms with Gasteiger partial charge in [-0.2, -0.15) is 0 Å². The van der Waals surface area contributed by atoms with Gasteiger partial charge in [0.25, 0.3) is 5.91 Å². The largest absolute Gasteiger partial charge is 0.436 e. The monoisotopic (exact) mass is 304 g/mol. The number of carbonyl (C=O) groups excluding carboxylic acids is 1. The molecule has 0 aliphatic rings. The van der Waals surface area contributed by atoms with Gasteiger partial charge in [-0.05, 0) is 6.92 Å². The van der Waals surface area contributed by atoms with Crippen LogP contribution in [-0.4, -0.2) is 47.9 Å². The van der Waals surface area contributed by atoms with Crippen LogP contribution < -0.4 is 0 Å². The second kappa shape index (κ2) is 6.16. The molecular weight excluding hydrogens is 288 g/mol. The number of carbonyl (C=O) groups is 1. The third-order valence-electron chi connectivity index (χ3n) is 2.26. The Morgan fingerprint density at radius 3 is 2.71 bits per heavy atom. The Balaban J connectivity index is 2.66. The standard InChI is InChI=1S/C11H17BrN2O3/c1-7-10(17-8(2)13-7)11(15)14(3)5-9(12)6-16-4/h9H,5-6H2,1-4H3. The van der Waals surface area contributed by atoms with Gasteiger partial charge in [0.2, 0.25) is 5.76 Å². The Morgan fingerprint density at radius 2 is 2.24 bits per heavy atom. The average molecular weight is 305 g/mol. The number of oxazole rings is 1. The minimum atomic E-state index is -0.163. The Morgan fingerprint density at radius 1 is 1.59 bits per heavy atom. The average Bonchev–Trinajstić information content (AvgIpc) is 2.56. The van der Waals surface area contributed by atoms with Crippen molar-refractivity contribution in [2.24, 2.45) is 0 Å². The van der Waals surface area contributed by atoms with E-state index in [0.717, 1.165) is 0 Å². The summed E-state index contributed by atoms with van der Waals surface area (Å²) in [6, 6.07) is 0. The molecule has 17 heavy (non-hydrogen) atoms. The number of halogens is 1. The lowest BCUT2D eigenvalue weighted by Gasteiger charge is -2.19. The van der Waals surface area contributed by atoms with Crippen molar-refractivity contribution in [2.75, 3.05) is 27.3 Å². The third kappa shape index (κ3) is 3.81. The maximum absolute atomic E-state index is 12.0. The molecule has 1 rings (SSSR count). The highest BCUT2D eigenvalue weighted by molar-refractivity contribution is 9.09. The first-order valence-electron chi connectivity index (χ1n) is 5.28. The number of hydrogen-bond donors (Lipinski definition) is 0. The van der Waals surface area contributed by atoms with Crippen LogP contribution in [0.2, 0.25) is 0 Å². The van der Waals surface area contributed by atoms with Gasteiger partial charge in [-0.25, -0.2) is 4.98 Å². The summed E-state index contributed by atoms with van der Waals surface area (Å²) in [5.74, 6) is 0.650. The Bertz CT molecular complexity index is 392. The van der Waals surface area contributed by atoms with Crippen molar-refractivity contribution in [2.45, 2.75) is 18.7 Å². The van der Waals surface area contributed by atoms with E-state index in [-0.39, 0.29) is 10.7 Å². The van der Waals surface area contributed by atoms with E-state index in [1.165, 1.54) is 0 Å². The van der Waals surface area contributed by atoms with Crippen molar-refractivity contribution in [1.29, 1.82) is 0 Å². The van der Waals surface area contributed by atoms with Crippen LogP contribution in [0.1, 0.15) is 22.1 Å². The molecule has 0 aliphatic carbocycles. The molecule has 6 heteroatoms. The number of methoxy groups -OCH3 is 1. The minimum Gasteiger partial charge on any atom is -0.436 e. The predicted molar refractivity (Wildman–Crippen MR) is 67.5 cm³/mol. The van der Waals surface area contributed by atoms with Crippen LogP contribution in [0.3, 0.4) is 0 Å².